The zero-order chi connectivity index (χ0) is 18.4. The van der Waals surface area contributed by atoms with Gasteiger partial charge in [0, 0.05) is 24.4 Å². The lowest BCUT2D eigenvalue weighted by molar-refractivity contribution is 0.0951. The van der Waals surface area contributed by atoms with Crippen LogP contribution in [0.4, 0.5) is 5.69 Å². The number of nitrogens with one attached hydrogen (secondary N) is 2. The zero-order valence-corrected chi connectivity index (χ0v) is 15.1. The Balaban J connectivity index is 2.11. The van der Waals surface area contributed by atoms with E-state index in [4.69, 9.17) is 5.11 Å². The zero-order valence-electron chi connectivity index (χ0n) is 14.2. The molecule has 134 valence electrons. The minimum atomic E-state index is -3.72. The molecule has 0 heterocycles. The lowest BCUT2D eigenvalue weighted by Crippen LogP contribution is -2.25. The molecule has 1 amide bonds. The Morgan fingerprint density at radius 3 is 2.32 bits per heavy atom. The number of aryl methyl sites for hydroxylation is 2. The van der Waals surface area contributed by atoms with E-state index >= 15 is 0 Å². The molecule has 0 radical (unpaired) electrons. The Bertz CT molecular complexity index is 846. The van der Waals surface area contributed by atoms with Crippen molar-refractivity contribution in [1.29, 1.82) is 0 Å². The van der Waals surface area contributed by atoms with Gasteiger partial charge in [0.15, 0.2) is 0 Å². The van der Waals surface area contributed by atoms with Gasteiger partial charge in [-0.3, -0.25) is 9.52 Å². The SMILES string of the molecule is Cc1ccc(NS(=O)(=O)c2ccc(C(=O)NCCCO)cc2)cc1C. The fourth-order valence-corrected chi connectivity index (χ4v) is 3.24. The first-order valence-corrected chi connectivity index (χ1v) is 9.41. The number of aliphatic hydroxyl groups excluding tert-OH is 1. The van der Waals surface area contributed by atoms with Crippen LogP contribution in [-0.2, 0) is 10.0 Å². The van der Waals surface area contributed by atoms with Crippen LogP contribution in [0, 0.1) is 13.8 Å². The molecule has 0 unspecified atom stereocenters. The van der Waals surface area contributed by atoms with Gasteiger partial charge in [0.25, 0.3) is 15.9 Å². The maximum Gasteiger partial charge on any atom is 0.261 e. The second-order valence-corrected chi connectivity index (χ2v) is 7.44. The first-order valence-electron chi connectivity index (χ1n) is 7.92. The molecule has 2 aromatic carbocycles. The molecule has 0 saturated heterocycles. The summed E-state index contributed by atoms with van der Waals surface area (Å²) in [4.78, 5) is 12.0. The van der Waals surface area contributed by atoms with Gasteiger partial charge < -0.3 is 10.4 Å². The van der Waals surface area contributed by atoms with E-state index in [0.717, 1.165) is 11.1 Å². The highest BCUT2D eigenvalue weighted by Crippen LogP contribution is 2.19. The summed E-state index contributed by atoms with van der Waals surface area (Å²) in [6, 6.07) is 11.0. The van der Waals surface area contributed by atoms with Gasteiger partial charge in [-0.15, -0.1) is 0 Å². The summed E-state index contributed by atoms with van der Waals surface area (Å²) < 4.78 is 27.4. The Labute approximate surface area is 147 Å². The Kier molecular flexibility index (Phi) is 6.17. The van der Waals surface area contributed by atoms with Crippen molar-refractivity contribution in [1.82, 2.24) is 5.32 Å². The van der Waals surface area contributed by atoms with Gasteiger partial charge in [-0.25, -0.2) is 8.42 Å². The van der Waals surface area contributed by atoms with Crippen molar-refractivity contribution in [2.24, 2.45) is 0 Å². The van der Waals surface area contributed by atoms with Crippen molar-refractivity contribution in [2.45, 2.75) is 25.2 Å². The first-order chi connectivity index (χ1) is 11.8. The van der Waals surface area contributed by atoms with E-state index in [1.54, 1.807) is 12.1 Å². The van der Waals surface area contributed by atoms with Gasteiger partial charge in [0.2, 0.25) is 0 Å². The highest BCUT2D eigenvalue weighted by Gasteiger charge is 2.15. The van der Waals surface area contributed by atoms with E-state index in [-0.39, 0.29) is 17.4 Å². The van der Waals surface area contributed by atoms with Gasteiger partial charge in [0.1, 0.15) is 0 Å². The number of carbonyl (C=O) groups excluding carboxylic acids is 1. The monoisotopic (exact) mass is 362 g/mol. The van der Waals surface area contributed by atoms with Crippen LogP contribution in [0.5, 0.6) is 0 Å². The number of carbonyl (C=O) groups is 1. The van der Waals surface area contributed by atoms with Crippen molar-refractivity contribution in [3.05, 3.63) is 59.2 Å². The molecule has 25 heavy (non-hydrogen) atoms. The summed E-state index contributed by atoms with van der Waals surface area (Å²) in [5, 5.41) is 11.3. The van der Waals surface area contributed by atoms with E-state index in [1.165, 1.54) is 24.3 Å². The second-order valence-electron chi connectivity index (χ2n) is 5.76. The Morgan fingerprint density at radius 1 is 1.04 bits per heavy atom. The van der Waals surface area contributed by atoms with Crippen molar-refractivity contribution >= 4 is 21.6 Å². The molecule has 7 heteroatoms. The maximum atomic E-state index is 12.5. The summed E-state index contributed by atoms with van der Waals surface area (Å²) in [7, 11) is -3.72. The number of anilines is 1. The van der Waals surface area contributed by atoms with Gasteiger partial charge in [-0.2, -0.15) is 0 Å². The normalized spacial score (nSPS) is 11.2. The first kappa shape index (κ1) is 19.0. The fourth-order valence-electron chi connectivity index (χ4n) is 2.19. The van der Waals surface area contributed by atoms with Gasteiger partial charge in [0.05, 0.1) is 4.90 Å². The third-order valence-electron chi connectivity index (χ3n) is 3.81. The fraction of sp³-hybridized carbons (Fsp3) is 0.278. The molecular weight excluding hydrogens is 340 g/mol. The predicted octanol–water partition coefficient (Wildman–Crippen LogP) is 2.22. The molecule has 0 spiro atoms. The molecule has 2 rings (SSSR count). The number of sulfonamides is 1. The Morgan fingerprint density at radius 2 is 1.72 bits per heavy atom. The van der Waals surface area contributed by atoms with E-state index in [0.29, 0.717) is 24.2 Å². The van der Waals surface area contributed by atoms with Crippen LogP contribution in [0.1, 0.15) is 27.9 Å². The van der Waals surface area contributed by atoms with Crippen LogP contribution < -0.4 is 10.0 Å². The average Bonchev–Trinajstić information content (AvgIpc) is 2.58. The minimum Gasteiger partial charge on any atom is -0.396 e. The number of amides is 1. The topological polar surface area (TPSA) is 95.5 Å². The van der Waals surface area contributed by atoms with E-state index in [2.05, 4.69) is 10.0 Å². The highest BCUT2D eigenvalue weighted by molar-refractivity contribution is 7.92. The molecule has 0 atom stereocenters. The standard InChI is InChI=1S/C18H22N2O4S/c1-13-4-7-16(12-14(13)2)20-25(23,24)17-8-5-15(6-9-17)18(22)19-10-3-11-21/h4-9,12,20-21H,3,10-11H2,1-2H3,(H,19,22). The molecule has 2 aromatic rings. The number of hydrogen-bond donors (Lipinski definition) is 3. The van der Waals surface area contributed by atoms with Crippen molar-refractivity contribution < 1.29 is 18.3 Å². The third kappa shape index (κ3) is 5.04. The molecule has 6 nitrogen and oxygen atoms in total. The largest absolute Gasteiger partial charge is 0.396 e. The number of benzene rings is 2. The molecule has 0 bridgehead atoms. The smallest absolute Gasteiger partial charge is 0.261 e. The summed E-state index contributed by atoms with van der Waals surface area (Å²) in [6.07, 6.45) is 0.470. The van der Waals surface area contributed by atoms with E-state index in [1.807, 2.05) is 19.9 Å². The molecule has 0 fully saturated rings. The van der Waals surface area contributed by atoms with Crippen molar-refractivity contribution in [3.8, 4) is 0 Å². The van der Waals surface area contributed by atoms with Crippen LogP contribution in [0.2, 0.25) is 0 Å². The lowest BCUT2D eigenvalue weighted by atomic mass is 10.1. The summed E-state index contributed by atoms with van der Waals surface area (Å²) in [6.45, 7) is 4.24. The molecule has 0 aliphatic rings. The maximum absolute atomic E-state index is 12.5. The minimum absolute atomic E-state index is 0.00160. The summed E-state index contributed by atoms with van der Waals surface area (Å²) >= 11 is 0. The van der Waals surface area contributed by atoms with E-state index in [9.17, 15) is 13.2 Å². The van der Waals surface area contributed by atoms with Gasteiger partial charge >= 0.3 is 0 Å². The van der Waals surface area contributed by atoms with Crippen LogP contribution in [0.3, 0.4) is 0 Å². The van der Waals surface area contributed by atoms with Crippen LogP contribution >= 0.6 is 0 Å². The molecule has 0 saturated carbocycles. The Hall–Kier alpha value is -2.38. The van der Waals surface area contributed by atoms with Crippen molar-refractivity contribution in [3.63, 3.8) is 0 Å². The number of hydrogen-bond acceptors (Lipinski definition) is 4. The van der Waals surface area contributed by atoms with E-state index < -0.39 is 10.0 Å². The van der Waals surface area contributed by atoms with Crippen molar-refractivity contribution in [2.75, 3.05) is 17.9 Å². The summed E-state index contributed by atoms with van der Waals surface area (Å²) in [5.41, 5.74) is 2.94. The van der Waals surface area contributed by atoms with Crippen LogP contribution in [0.25, 0.3) is 0 Å². The predicted molar refractivity (Wildman–Crippen MR) is 97.2 cm³/mol. The summed E-state index contributed by atoms with van der Waals surface area (Å²) in [5.74, 6) is -0.306. The third-order valence-corrected chi connectivity index (χ3v) is 5.20. The van der Waals surface area contributed by atoms with Gasteiger partial charge in [-0.1, -0.05) is 6.07 Å². The second kappa shape index (κ2) is 8.13. The average molecular weight is 362 g/mol. The van der Waals surface area contributed by atoms with Crippen LogP contribution in [0.15, 0.2) is 47.4 Å². The lowest BCUT2D eigenvalue weighted by Gasteiger charge is -2.10. The van der Waals surface area contributed by atoms with Crippen LogP contribution in [-0.4, -0.2) is 32.6 Å². The molecule has 0 aromatic heterocycles. The van der Waals surface area contributed by atoms with Gasteiger partial charge in [-0.05, 0) is 67.8 Å². The number of aliphatic hydroxyl groups is 1. The number of rotatable bonds is 7. The molecular formula is C18H22N2O4S. The quantitative estimate of drug-likeness (QED) is 0.658. The molecule has 3 N–H and O–H groups in total. The molecule has 0 aliphatic heterocycles. The highest BCUT2D eigenvalue weighted by atomic mass is 32.2. The molecule has 0 aliphatic carbocycles.